The van der Waals surface area contributed by atoms with Crippen LogP contribution in [-0.4, -0.2) is 17.6 Å². The highest BCUT2D eigenvalue weighted by molar-refractivity contribution is 6.02. The third-order valence-corrected chi connectivity index (χ3v) is 2.17. The summed E-state index contributed by atoms with van der Waals surface area (Å²) < 4.78 is 18.1. The number of halogens is 1. The van der Waals surface area contributed by atoms with Crippen LogP contribution < -0.4 is 0 Å². The molecule has 0 amide bonds. The number of carbonyl (C=O) groups excluding carboxylic acids is 1. The molecule has 1 aromatic carbocycles. The molecule has 2 aromatic rings. The van der Waals surface area contributed by atoms with Crippen LogP contribution in [-0.2, 0) is 4.74 Å². The number of esters is 1. The van der Waals surface area contributed by atoms with E-state index in [0.717, 1.165) is 6.07 Å². The van der Waals surface area contributed by atoms with E-state index >= 15 is 0 Å². The molecule has 0 fully saturated rings. The van der Waals surface area contributed by atoms with E-state index in [9.17, 15) is 9.18 Å². The van der Waals surface area contributed by atoms with Crippen LogP contribution in [0.4, 0.5) is 4.39 Å². The topological polar surface area (TPSA) is 39.2 Å². The molecule has 0 bridgehead atoms. The van der Waals surface area contributed by atoms with E-state index in [1.807, 2.05) is 0 Å². The van der Waals surface area contributed by atoms with Gasteiger partial charge in [-0.15, -0.1) is 0 Å². The molecule has 0 saturated carbocycles. The summed E-state index contributed by atoms with van der Waals surface area (Å²) in [5.74, 6) is -1.02. The Bertz CT molecular complexity index is 540. The van der Waals surface area contributed by atoms with Gasteiger partial charge in [0.1, 0.15) is 5.82 Å². The average Bonchev–Trinajstić information content (AvgIpc) is 2.28. The van der Waals surface area contributed by atoms with Crippen LogP contribution in [0.1, 0.15) is 17.3 Å². The molecule has 0 unspecified atom stereocenters. The molecular weight excluding hydrogens is 209 g/mol. The number of hydrogen-bond donors (Lipinski definition) is 0. The van der Waals surface area contributed by atoms with E-state index in [0.29, 0.717) is 10.9 Å². The SMILES string of the molecule is CCOC(=O)c1cc(F)cc2cccnc12. The molecule has 0 aliphatic heterocycles. The molecule has 0 atom stereocenters. The molecule has 3 nitrogen and oxygen atoms in total. The third-order valence-electron chi connectivity index (χ3n) is 2.17. The zero-order valence-corrected chi connectivity index (χ0v) is 8.74. The van der Waals surface area contributed by atoms with Gasteiger partial charge in [-0.3, -0.25) is 4.98 Å². The van der Waals surface area contributed by atoms with Crippen molar-refractivity contribution >= 4 is 16.9 Å². The lowest BCUT2D eigenvalue weighted by molar-refractivity contribution is 0.0528. The zero-order valence-electron chi connectivity index (χ0n) is 8.74. The molecule has 0 spiro atoms. The second kappa shape index (κ2) is 4.26. The molecule has 1 aromatic heterocycles. The highest BCUT2D eigenvalue weighted by Gasteiger charge is 2.13. The quantitative estimate of drug-likeness (QED) is 0.728. The van der Waals surface area contributed by atoms with Crippen LogP contribution in [0.5, 0.6) is 0 Å². The molecule has 82 valence electrons. The van der Waals surface area contributed by atoms with E-state index in [-0.39, 0.29) is 12.2 Å². The Morgan fingerprint density at radius 2 is 2.31 bits per heavy atom. The minimum Gasteiger partial charge on any atom is -0.462 e. The van der Waals surface area contributed by atoms with Gasteiger partial charge in [0.05, 0.1) is 17.7 Å². The van der Waals surface area contributed by atoms with Crippen molar-refractivity contribution in [2.75, 3.05) is 6.61 Å². The van der Waals surface area contributed by atoms with Gasteiger partial charge in [0.2, 0.25) is 0 Å². The van der Waals surface area contributed by atoms with Gasteiger partial charge in [0.25, 0.3) is 0 Å². The fourth-order valence-electron chi connectivity index (χ4n) is 1.52. The predicted molar refractivity (Wildman–Crippen MR) is 57.7 cm³/mol. The Hall–Kier alpha value is -1.97. The normalized spacial score (nSPS) is 10.4. The summed E-state index contributed by atoms with van der Waals surface area (Å²) in [6.45, 7) is 1.95. The number of rotatable bonds is 2. The van der Waals surface area contributed by atoms with Gasteiger partial charge >= 0.3 is 5.97 Å². The molecule has 2 rings (SSSR count). The van der Waals surface area contributed by atoms with Gasteiger partial charge in [-0.2, -0.15) is 0 Å². The zero-order chi connectivity index (χ0) is 11.5. The molecule has 0 aliphatic rings. The molecule has 0 saturated heterocycles. The molecule has 0 aliphatic carbocycles. The van der Waals surface area contributed by atoms with Crippen LogP contribution in [0.15, 0.2) is 30.5 Å². The summed E-state index contributed by atoms with van der Waals surface area (Å²) in [6.07, 6.45) is 1.56. The maximum atomic E-state index is 13.3. The maximum absolute atomic E-state index is 13.3. The number of nitrogens with zero attached hydrogens (tertiary/aromatic N) is 1. The van der Waals surface area contributed by atoms with Crippen molar-refractivity contribution in [3.63, 3.8) is 0 Å². The van der Waals surface area contributed by atoms with Crippen molar-refractivity contribution in [2.24, 2.45) is 0 Å². The van der Waals surface area contributed by atoms with Crippen LogP contribution in [0.3, 0.4) is 0 Å². The molecule has 4 heteroatoms. The summed E-state index contributed by atoms with van der Waals surface area (Å²) in [7, 11) is 0. The lowest BCUT2D eigenvalue weighted by Crippen LogP contribution is -2.06. The summed E-state index contributed by atoms with van der Waals surface area (Å²) in [5.41, 5.74) is 0.625. The Morgan fingerprint density at radius 3 is 3.06 bits per heavy atom. The predicted octanol–water partition coefficient (Wildman–Crippen LogP) is 2.55. The third kappa shape index (κ3) is 1.86. The number of carbonyl (C=O) groups is 1. The van der Waals surface area contributed by atoms with E-state index in [4.69, 9.17) is 4.74 Å². The van der Waals surface area contributed by atoms with Crippen LogP contribution in [0.2, 0.25) is 0 Å². The van der Waals surface area contributed by atoms with Gasteiger partial charge in [-0.25, -0.2) is 9.18 Å². The molecular formula is C12H10FNO2. The van der Waals surface area contributed by atoms with Gasteiger partial charge in [-0.05, 0) is 25.1 Å². The number of benzene rings is 1. The van der Waals surface area contributed by atoms with Crippen molar-refractivity contribution in [1.29, 1.82) is 0 Å². The van der Waals surface area contributed by atoms with Crippen molar-refractivity contribution in [3.05, 3.63) is 41.8 Å². The van der Waals surface area contributed by atoms with E-state index in [2.05, 4.69) is 4.98 Å². The monoisotopic (exact) mass is 219 g/mol. The van der Waals surface area contributed by atoms with Crippen molar-refractivity contribution < 1.29 is 13.9 Å². The first-order valence-electron chi connectivity index (χ1n) is 4.93. The first-order chi connectivity index (χ1) is 7.72. The minimum atomic E-state index is -0.550. The molecule has 16 heavy (non-hydrogen) atoms. The van der Waals surface area contributed by atoms with Crippen LogP contribution in [0.25, 0.3) is 10.9 Å². The maximum Gasteiger partial charge on any atom is 0.340 e. The molecule has 0 radical (unpaired) electrons. The average molecular weight is 219 g/mol. The van der Waals surface area contributed by atoms with Crippen molar-refractivity contribution in [3.8, 4) is 0 Å². The van der Waals surface area contributed by atoms with Gasteiger partial charge in [0, 0.05) is 11.6 Å². The van der Waals surface area contributed by atoms with Gasteiger partial charge in [0.15, 0.2) is 0 Å². The fraction of sp³-hybridized carbons (Fsp3) is 0.167. The smallest absolute Gasteiger partial charge is 0.340 e. The molecule has 1 heterocycles. The number of fused-ring (bicyclic) bond motifs is 1. The lowest BCUT2D eigenvalue weighted by atomic mass is 10.1. The van der Waals surface area contributed by atoms with Crippen molar-refractivity contribution in [1.82, 2.24) is 4.98 Å². The summed E-state index contributed by atoms with van der Waals surface area (Å²) in [5, 5.41) is 0.588. The standard InChI is InChI=1S/C12H10FNO2/c1-2-16-12(15)10-7-9(13)6-8-4-3-5-14-11(8)10/h3-7H,2H2,1H3. The summed E-state index contributed by atoms with van der Waals surface area (Å²) in [6, 6.07) is 5.88. The second-order valence-electron chi connectivity index (χ2n) is 3.25. The molecule has 0 N–H and O–H groups in total. The Morgan fingerprint density at radius 1 is 1.50 bits per heavy atom. The highest BCUT2D eigenvalue weighted by atomic mass is 19.1. The minimum absolute atomic E-state index is 0.164. The van der Waals surface area contributed by atoms with E-state index in [1.165, 1.54) is 6.07 Å². The second-order valence-corrected chi connectivity index (χ2v) is 3.25. The number of hydrogen-bond acceptors (Lipinski definition) is 3. The van der Waals surface area contributed by atoms with Gasteiger partial charge < -0.3 is 4.74 Å². The Labute approximate surface area is 91.9 Å². The lowest BCUT2D eigenvalue weighted by Gasteiger charge is -2.05. The first-order valence-corrected chi connectivity index (χ1v) is 4.93. The van der Waals surface area contributed by atoms with Crippen molar-refractivity contribution in [2.45, 2.75) is 6.92 Å². The summed E-state index contributed by atoms with van der Waals surface area (Å²) in [4.78, 5) is 15.6. The summed E-state index contributed by atoms with van der Waals surface area (Å²) >= 11 is 0. The van der Waals surface area contributed by atoms with Crippen LogP contribution in [0, 0.1) is 5.82 Å². The van der Waals surface area contributed by atoms with E-state index in [1.54, 1.807) is 25.3 Å². The van der Waals surface area contributed by atoms with Crippen LogP contribution >= 0.6 is 0 Å². The number of ether oxygens (including phenoxy) is 1. The fourth-order valence-corrected chi connectivity index (χ4v) is 1.52. The Kier molecular flexibility index (Phi) is 2.81. The first kappa shape index (κ1) is 10.5. The largest absolute Gasteiger partial charge is 0.462 e. The number of pyridine rings is 1. The van der Waals surface area contributed by atoms with Gasteiger partial charge in [-0.1, -0.05) is 6.07 Å². The number of aromatic nitrogens is 1. The Balaban J connectivity index is 2.63. The highest BCUT2D eigenvalue weighted by Crippen LogP contribution is 2.19. The van der Waals surface area contributed by atoms with E-state index < -0.39 is 11.8 Å².